The SMILES string of the molecule is OCC1CCCN1Cc1cccs1. The lowest BCUT2D eigenvalue weighted by molar-refractivity contribution is 0.154. The average Bonchev–Trinajstić information content (AvgIpc) is 2.76. The first-order valence-corrected chi connectivity index (χ1v) is 5.65. The van der Waals surface area contributed by atoms with Gasteiger partial charge in [-0.25, -0.2) is 0 Å². The number of hydrogen-bond donors (Lipinski definition) is 1. The van der Waals surface area contributed by atoms with Gasteiger partial charge >= 0.3 is 0 Å². The van der Waals surface area contributed by atoms with E-state index in [4.69, 9.17) is 5.11 Å². The van der Waals surface area contributed by atoms with Crippen molar-refractivity contribution >= 4 is 11.3 Å². The Morgan fingerprint density at radius 1 is 1.62 bits per heavy atom. The molecule has 0 radical (unpaired) electrons. The minimum atomic E-state index is 0.311. The van der Waals surface area contributed by atoms with Crippen molar-refractivity contribution in [3.8, 4) is 0 Å². The van der Waals surface area contributed by atoms with Crippen LogP contribution in [0.4, 0.5) is 0 Å². The molecule has 0 saturated carbocycles. The standard InChI is InChI=1S/C10H15NOS/c12-8-9-3-1-5-11(9)7-10-4-2-6-13-10/h2,4,6,9,12H,1,3,5,7-8H2. The highest BCUT2D eigenvalue weighted by molar-refractivity contribution is 7.09. The normalized spacial score (nSPS) is 23.9. The first-order valence-electron chi connectivity index (χ1n) is 4.77. The van der Waals surface area contributed by atoms with Crippen molar-refractivity contribution < 1.29 is 5.11 Å². The summed E-state index contributed by atoms with van der Waals surface area (Å²) < 4.78 is 0. The smallest absolute Gasteiger partial charge is 0.0587 e. The first kappa shape index (κ1) is 9.19. The van der Waals surface area contributed by atoms with Crippen LogP contribution >= 0.6 is 11.3 Å². The molecule has 1 N–H and O–H groups in total. The van der Waals surface area contributed by atoms with Crippen LogP contribution in [0.25, 0.3) is 0 Å². The zero-order chi connectivity index (χ0) is 9.10. The van der Waals surface area contributed by atoms with E-state index in [-0.39, 0.29) is 0 Å². The first-order chi connectivity index (χ1) is 6.40. The second kappa shape index (κ2) is 4.22. The van der Waals surface area contributed by atoms with Gasteiger partial charge in [0.2, 0.25) is 0 Å². The maximum atomic E-state index is 9.13. The third-order valence-electron chi connectivity index (χ3n) is 2.65. The number of nitrogens with zero attached hydrogens (tertiary/aromatic N) is 1. The van der Waals surface area contributed by atoms with Crippen molar-refractivity contribution in [3.63, 3.8) is 0 Å². The molecular formula is C10H15NOS. The van der Waals surface area contributed by atoms with Crippen LogP contribution in [0.5, 0.6) is 0 Å². The molecule has 1 saturated heterocycles. The molecule has 1 unspecified atom stereocenters. The van der Waals surface area contributed by atoms with Gasteiger partial charge in [0.25, 0.3) is 0 Å². The van der Waals surface area contributed by atoms with Crippen molar-refractivity contribution in [1.82, 2.24) is 4.90 Å². The molecule has 0 bridgehead atoms. The number of hydrogen-bond acceptors (Lipinski definition) is 3. The van der Waals surface area contributed by atoms with Gasteiger partial charge in [-0.1, -0.05) is 6.07 Å². The summed E-state index contributed by atoms with van der Waals surface area (Å²) in [6.45, 7) is 2.47. The van der Waals surface area contributed by atoms with Crippen molar-refractivity contribution in [3.05, 3.63) is 22.4 Å². The van der Waals surface area contributed by atoms with Crippen LogP contribution in [-0.4, -0.2) is 29.2 Å². The molecule has 13 heavy (non-hydrogen) atoms. The van der Waals surface area contributed by atoms with E-state index in [0.717, 1.165) is 19.5 Å². The molecule has 1 aromatic heterocycles. The number of aliphatic hydroxyl groups is 1. The molecule has 72 valence electrons. The molecule has 1 fully saturated rings. The lowest BCUT2D eigenvalue weighted by atomic mass is 10.2. The van der Waals surface area contributed by atoms with Gasteiger partial charge in [-0.15, -0.1) is 11.3 Å². The molecule has 0 spiro atoms. The Balaban J connectivity index is 1.94. The van der Waals surface area contributed by atoms with Crippen LogP contribution in [0.3, 0.4) is 0 Å². The highest BCUT2D eigenvalue weighted by Gasteiger charge is 2.23. The Labute approximate surface area is 82.8 Å². The molecule has 1 aromatic rings. The molecule has 0 aromatic carbocycles. The molecule has 2 heterocycles. The molecule has 3 heteroatoms. The van der Waals surface area contributed by atoms with Gasteiger partial charge in [-0.3, -0.25) is 4.90 Å². The lowest BCUT2D eigenvalue weighted by Crippen LogP contribution is -2.31. The fraction of sp³-hybridized carbons (Fsp3) is 0.600. The Hall–Kier alpha value is -0.380. The fourth-order valence-electron chi connectivity index (χ4n) is 1.91. The van der Waals surface area contributed by atoms with Crippen molar-refractivity contribution in [2.24, 2.45) is 0 Å². The van der Waals surface area contributed by atoms with E-state index in [1.54, 1.807) is 11.3 Å². The lowest BCUT2D eigenvalue weighted by Gasteiger charge is -2.21. The Kier molecular flexibility index (Phi) is 2.98. The summed E-state index contributed by atoms with van der Waals surface area (Å²) in [4.78, 5) is 3.78. The van der Waals surface area contributed by atoms with E-state index in [2.05, 4.69) is 22.4 Å². The second-order valence-corrected chi connectivity index (χ2v) is 4.56. The Bertz CT molecular complexity index is 247. The van der Waals surface area contributed by atoms with Crippen LogP contribution < -0.4 is 0 Å². The molecule has 0 aliphatic carbocycles. The summed E-state index contributed by atoms with van der Waals surface area (Å²) in [5.74, 6) is 0. The van der Waals surface area contributed by atoms with E-state index in [1.165, 1.54) is 11.3 Å². The number of thiophene rings is 1. The summed E-state index contributed by atoms with van der Waals surface area (Å²) in [5, 5.41) is 11.2. The monoisotopic (exact) mass is 197 g/mol. The number of rotatable bonds is 3. The summed E-state index contributed by atoms with van der Waals surface area (Å²) in [7, 11) is 0. The van der Waals surface area contributed by atoms with Crippen LogP contribution in [0.2, 0.25) is 0 Å². The largest absolute Gasteiger partial charge is 0.395 e. The summed E-state index contributed by atoms with van der Waals surface area (Å²) in [6.07, 6.45) is 2.39. The summed E-state index contributed by atoms with van der Waals surface area (Å²) in [6, 6.07) is 4.66. The quantitative estimate of drug-likeness (QED) is 0.797. The van der Waals surface area contributed by atoms with Crippen LogP contribution in [0.15, 0.2) is 17.5 Å². The van der Waals surface area contributed by atoms with Crippen LogP contribution in [0, 0.1) is 0 Å². The molecule has 2 nitrogen and oxygen atoms in total. The molecule has 1 aliphatic heterocycles. The van der Waals surface area contributed by atoms with E-state index >= 15 is 0 Å². The number of likely N-dealkylation sites (tertiary alicyclic amines) is 1. The van der Waals surface area contributed by atoms with Gasteiger partial charge in [-0.05, 0) is 30.8 Å². The topological polar surface area (TPSA) is 23.5 Å². The Morgan fingerprint density at radius 3 is 3.23 bits per heavy atom. The molecule has 2 rings (SSSR count). The van der Waals surface area contributed by atoms with E-state index in [1.807, 2.05) is 0 Å². The molecular weight excluding hydrogens is 182 g/mol. The van der Waals surface area contributed by atoms with Gasteiger partial charge in [-0.2, -0.15) is 0 Å². The fourth-order valence-corrected chi connectivity index (χ4v) is 2.64. The second-order valence-electron chi connectivity index (χ2n) is 3.53. The average molecular weight is 197 g/mol. The minimum absolute atomic E-state index is 0.311. The zero-order valence-corrected chi connectivity index (χ0v) is 8.46. The summed E-state index contributed by atoms with van der Waals surface area (Å²) in [5.41, 5.74) is 0. The van der Waals surface area contributed by atoms with Gasteiger partial charge in [0, 0.05) is 17.5 Å². The maximum absolute atomic E-state index is 9.13. The van der Waals surface area contributed by atoms with E-state index in [0.29, 0.717) is 12.6 Å². The molecule has 1 aliphatic rings. The third-order valence-corrected chi connectivity index (χ3v) is 3.51. The van der Waals surface area contributed by atoms with E-state index < -0.39 is 0 Å². The molecule has 0 amide bonds. The van der Waals surface area contributed by atoms with Crippen molar-refractivity contribution in [2.75, 3.05) is 13.2 Å². The van der Waals surface area contributed by atoms with Crippen LogP contribution in [0.1, 0.15) is 17.7 Å². The third kappa shape index (κ3) is 2.10. The predicted octanol–water partition coefficient (Wildman–Crippen LogP) is 1.70. The van der Waals surface area contributed by atoms with Gasteiger partial charge in [0.15, 0.2) is 0 Å². The van der Waals surface area contributed by atoms with Gasteiger partial charge in [0.1, 0.15) is 0 Å². The van der Waals surface area contributed by atoms with Crippen molar-refractivity contribution in [2.45, 2.75) is 25.4 Å². The van der Waals surface area contributed by atoms with E-state index in [9.17, 15) is 0 Å². The predicted molar refractivity (Wildman–Crippen MR) is 54.8 cm³/mol. The highest BCUT2D eigenvalue weighted by Crippen LogP contribution is 2.21. The van der Waals surface area contributed by atoms with Gasteiger partial charge in [0.05, 0.1) is 6.61 Å². The number of aliphatic hydroxyl groups excluding tert-OH is 1. The van der Waals surface area contributed by atoms with Gasteiger partial charge < -0.3 is 5.11 Å². The van der Waals surface area contributed by atoms with Crippen molar-refractivity contribution in [1.29, 1.82) is 0 Å². The Morgan fingerprint density at radius 2 is 2.54 bits per heavy atom. The summed E-state index contributed by atoms with van der Waals surface area (Å²) >= 11 is 1.80. The highest BCUT2D eigenvalue weighted by atomic mass is 32.1. The van der Waals surface area contributed by atoms with Crippen LogP contribution in [-0.2, 0) is 6.54 Å². The zero-order valence-electron chi connectivity index (χ0n) is 7.65. The molecule has 1 atom stereocenters. The minimum Gasteiger partial charge on any atom is -0.395 e. The maximum Gasteiger partial charge on any atom is 0.0587 e.